The maximum Gasteiger partial charge on any atom is 0.293 e. The number of carbonyl (C=O) groups is 2. The molecule has 0 bridgehead atoms. The molecule has 1 heterocycles. The van der Waals surface area contributed by atoms with Gasteiger partial charge < -0.3 is 20.9 Å². The molecule has 2 fully saturated rings. The number of carbonyl (C=O) groups excluding carboxylic acids is 2. The molecule has 0 unspecified atom stereocenters. The zero-order valence-electron chi connectivity index (χ0n) is 20.1. The Morgan fingerprint density at radius 1 is 1.00 bits per heavy atom. The van der Waals surface area contributed by atoms with Crippen LogP contribution in [0.1, 0.15) is 58.4 Å². The molecule has 0 radical (unpaired) electrons. The molecule has 3 N–H and O–H groups in total. The van der Waals surface area contributed by atoms with Crippen molar-refractivity contribution in [2.45, 2.75) is 51.1 Å². The van der Waals surface area contributed by atoms with Gasteiger partial charge in [0, 0.05) is 55.5 Å². The number of nitro groups is 1. The van der Waals surface area contributed by atoms with Crippen LogP contribution < -0.4 is 16.0 Å². The van der Waals surface area contributed by atoms with Crippen LogP contribution >= 0.6 is 0 Å². The van der Waals surface area contributed by atoms with E-state index in [4.69, 9.17) is 5.73 Å². The zero-order valence-corrected chi connectivity index (χ0v) is 20.1. The second-order valence-electron chi connectivity index (χ2n) is 9.55. The summed E-state index contributed by atoms with van der Waals surface area (Å²) in [5.41, 5.74) is 8.27. The Bertz CT molecular complexity index is 1100. The summed E-state index contributed by atoms with van der Waals surface area (Å²) in [5.74, 6) is -0.327. The number of rotatable bonds is 5. The van der Waals surface area contributed by atoms with E-state index in [1.54, 1.807) is 17.0 Å². The minimum atomic E-state index is -0.438. The fraction of sp³-hybridized carbons (Fsp3) is 0.462. The number of aryl methyl sites for hydroxylation is 1. The predicted molar refractivity (Wildman–Crippen MR) is 135 cm³/mol. The molecule has 186 valence electrons. The van der Waals surface area contributed by atoms with Crippen LogP contribution in [0.5, 0.6) is 0 Å². The molecule has 2 aromatic rings. The third-order valence-corrected chi connectivity index (χ3v) is 6.93. The average molecular weight is 480 g/mol. The van der Waals surface area contributed by atoms with Crippen molar-refractivity contribution < 1.29 is 14.5 Å². The molecular weight excluding hydrogens is 446 g/mol. The number of benzene rings is 2. The number of amides is 2. The van der Waals surface area contributed by atoms with Crippen molar-refractivity contribution in [3.05, 3.63) is 69.3 Å². The highest BCUT2D eigenvalue weighted by Crippen LogP contribution is 2.30. The molecule has 1 aliphatic carbocycles. The van der Waals surface area contributed by atoms with E-state index in [0.29, 0.717) is 43.9 Å². The smallest absolute Gasteiger partial charge is 0.293 e. The Labute approximate surface area is 205 Å². The number of nitrogens with one attached hydrogen (secondary N) is 1. The van der Waals surface area contributed by atoms with Gasteiger partial charge in [-0.15, -0.1) is 0 Å². The molecule has 2 aromatic carbocycles. The van der Waals surface area contributed by atoms with Gasteiger partial charge in [-0.3, -0.25) is 19.7 Å². The Morgan fingerprint density at radius 3 is 2.49 bits per heavy atom. The van der Waals surface area contributed by atoms with Crippen LogP contribution in [0.15, 0.2) is 42.5 Å². The summed E-state index contributed by atoms with van der Waals surface area (Å²) in [4.78, 5) is 40.9. The summed E-state index contributed by atoms with van der Waals surface area (Å²) >= 11 is 0. The van der Waals surface area contributed by atoms with E-state index < -0.39 is 4.92 Å². The molecule has 4 rings (SSSR count). The maximum absolute atomic E-state index is 13.0. The van der Waals surface area contributed by atoms with Crippen LogP contribution in [0.25, 0.3) is 0 Å². The molecule has 9 heteroatoms. The van der Waals surface area contributed by atoms with Crippen molar-refractivity contribution in [3.63, 3.8) is 0 Å². The highest BCUT2D eigenvalue weighted by atomic mass is 16.6. The fourth-order valence-corrected chi connectivity index (χ4v) is 4.93. The third kappa shape index (κ3) is 5.97. The number of nitro benzene ring substituents is 1. The van der Waals surface area contributed by atoms with E-state index in [-0.39, 0.29) is 35.1 Å². The van der Waals surface area contributed by atoms with Crippen molar-refractivity contribution in [1.82, 2.24) is 10.2 Å². The molecule has 1 saturated heterocycles. The van der Waals surface area contributed by atoms with Crippen LogP contribution in [0.4, 0.5) is 11.4 Å². The molecule has 0 aromatic heterocycles. The standard InChI is InChI=1S/C26H33N5O4/c1-18-4-2-5-20(16-18)26(33)30-13-3-12-29(14-15-30)23-11-6-19(17-24(23)31(34)35)25(32)28-22-9-7-21(27)8-10-22/h2,4-6,11,16-17,21-22H,3,7-10,12-15,27H2,1H3,(H,28,32). The van der Waals surface area contributed by atoms with Crippen LogP contribution in [0.2, 0.25) is 0 Å². The molecular formula is C26H33N5O4. The first-order valence-electron chi connectivity index (χ1n) is 12.3. The highest BCUT2D eigenvalue weighted by Gasteiger charge is 2.27. The fourth-order valence-electron chi connectivity index (χ4n) is 4.93. The van der Waals surface area contributed by atoms with Crippen molar-refractivity contribution in [1.29, 1.82) is 0 Å². The van der Waals surface area contributed by atoms with Gasteiger partial charge in [-0.25, -0.2) is 0 Å². The number of hydrogen-bond acceptors (Lipinski definition) is 6. The monoisotopic (exact) mass is 479 g/mol. The minimum Gasteiger partial charge on any atom is -0.364 e. The van der Waals surface area contributed by atoms with Crippen LogP contribution in [-0.2, 0) is 0 Å². The lowest BCUT2D eigenvalue weighted by Gasteiger charge is -2.27. The van der Waals surface area contributed by atoms with Gasteiger partial charge in [0.05, 0.1) is 4.92 Å². The Balaban J connectivity index is 1.45. The molecule has 1 saturated carbocycles. The highest BCUT2D eigenvalue weighted by molar-refractivity contribution is 5.96. The van der Waals surface area contributed by atoms with E-state index in [2.05, 4.69) is 5.32 Å². The molecule has 2 aliphatic rings. The van der Waals surface area contributed by atoms with Gasteiger partial charge in [0.15, 0.2) is 0 Å². The largest absolute Gasteiger partial charge is 0.364 e. The van der Waals surface area contributed by atoms with Crippen molar-refractivity contribution in [2.75, 3.05) is 31.1 Å². The normalized spacial score (nSPS) is 20.7. The molecule has 0 atom stereocenters. The lowest BCUT2D eigenvalue weighted by atomic mass is 9.91. The van der Waals surface area contributed by atoms with Crippen molar-refractivity contribution >= 4 is 23.2 Å². The predicted octanol–water partition coefficient (Wildman–Crippen LogP) is 3.26. The lowest BCUT2D eigenvalue weighted by molar-refractivity contribution is -0.384. The first-order chi connectivity index (χ1) is 16.8. The van der Waals surface area contributed by atoms with Gasteiger partial charge >= 0.3 is 0 Å². The summed E-state index contributed by atoms with van der Waals surface area (Å²) in [5, 5.41) is 14.9. The molecule has 9 nitrogen and oxygen atoms in total. The molecule has 35 heavy (non-hydrogen) atoms. The van der Waals surface area contributed by atoms with E-state index >= 15 is 0 Å². The Morgan fingerprint density at radius 2 is 1.77 bits per heavy atom. The SMILES string of the molecule is Cc1cccc(C(=O)N2CCCN(c3ccc(C(=O)NC4CCC(N)CC4)cc3[N+](=O)[O-])CC2)c1. The third-order valence-electron chi connectivity index (χ3n) is 6.93. The summed E-state index contributed by atoms with van der Waals surface area (Å²) in [6.07, 6.45) is 4.06. The second-order valence-corrected chi connectivity index (χ2v) is 9.55. The van der Waals surface area contributed by atoms with Crippen LogP contribution in [0, 0.1) is 17.0 Å². The van der Waals surface area contributed by atoms with Crippen molar-refractivity contribution in [2.24, 2.45) is 5.73 Å². The van der Waals surface area contributed by atoms with E-state index in [1.165, 1.54) is 6.07 Å². The second kappa shape index (κ2) is 10.9. The first kappa shape index (κ1) is 24.7. The van der Waals surface area contributed by atoms with Crippen LogP contribution in [0.3, 0.4) is 0 Å². The summed E-state index contributed by atoms with van der Waals surface area (Å²) in [6, 6.07) is 12.4. The molecule has 2 amide bonds. The maximum atomic E-state index is 13.0. The van der Waals surface area contributed by atoms with Gasteiger partial charge in [-0.1, -0.05) is 17.7 Å². The minimum absolute atomic E-state index is 0.0271. The van der Waals surface area contributed by atoms with Crippen molar-refractivity contribution in [3.8, 4) is 0 Å². The lowest BCUT2D eigenvalue weighted by Crippen LogP contribution is -2.40. The molecule has 1 aliphatic heterocycles. The summed E-state index contributed by atoms with van der Waals surface area (Å²) < 4.78 is 0. The Hall–Kier alpha value is -3.46. The quantitative estimate of drug-likeness (QED) is 0.501. The van der Waals surface area contributed by atoms with Gasteiger partial charge in [-0.2, -0.15) is 0 Å². The Kier molecular flexibility index (Phi) is 7.65. The number of nitrogens with two attached hydrogens (primary N) is 1. The van der Waals surface area contributed by atoms with Gasteiger partial charge in [0.25, 0.3) is 17.5 Å². The summed E-state index contributed by atoms with van der Waals surface area (Å²) in [7, 11) is 0. The number of hydrogen-bond donors (Lipinski definition) is 2. The van der Waals surface area contributed by atoms with Gasteiger partial charge in [-0.05, 0) is 63.3 Å². The van der Waals surface area contributed by atoms with Gasteiger partial charge in [0.1, 0.15) is 5.69 Å². The van der Waals surface area contributed by atoms with E-state index in [0.717, 1.165) is 31.2 Å². The number of anilines is 1. The van der Waals surface area contributed by atoms with E-state index in [1.807, 2.05) is 36.1 Å². The summed E-state index contributed by atoms with van der Waals surface area (Å²) in [6.45, 7) is 4.08. The van der Waals surface area contributed by atoms with Gasteiger partial charge in [0.2, 0.25) is 0 Å². The van der Waals surface area contributed by atoms with E-state index in [9.17, 15) is 19.7 Å². The first-order valence-corrected chi connectivity index (χ1v) is 12.3. The molecule has 0 spiro atoms. The number of nitrogens with zero attached hydrogens (tertiary/aromatic N) is 3. The topological polar surface area (TPSA) is 122 Å². The zero-order chi connectivity index (χ0) is 24.9. The average Bonchev–Trinajstić information content (AvgIpc) is 3.11. The van der Waals surface area contributed by atoms with Crippen LogP contribution in [-0.4, -0.2) is 59.9 Å².